The van der Waals surface area contributed by atoms with Crippen LogP contribution in [-0.4, -0.2) is 39.6 Å². The SMILES string of the molecule is COc1cc(N)c(Cl)cc1C(=O)O.COc1cc(N)c(Cl)cc1C(N)=O.NS(N)(=O)=O. The van der Waals surface area contributed by atoms with Gasteiger partial charge < -0.3 is 31.8 Å². The highest BCUT2D eigenvalue weighted by molar-refractivity contribution is 7.86. The molecule has 0 unspecified atom stereocenters. The van der Waals surface area contributed by atoms with Gasteiger partial charge in [-0.25, -0.2) is 15.1 Å². The van der Waals surface area contributed by atoms with Gasteiger partial charge in [-0.05, 0) is 12.1 Å². The molecule has 12 nitrogen and oxygen atoms in total. The molecular weight excluding hydrogens is 477 g/mol. The van der Waals surface area contributed by atoms with Crippen molar-refractivity contribution in [1.82, 2.24) is 0 Å². The highest BCUT2D eigenvalue weighted by atomic mass is 35.5. The van der Waals surface area contributed by atoms with E-state index in [0.717, 1.165) is 0 Å². The second-order valence-corrected chi connectivity index (χ2v) is 7.40. The van der Waals surface area contributed by atoms with Crippen molar-refractivity contribution in [3.05, 3.63) is 45.4 Å². The number of carboxylic acid groups (broad SMARTS) is 1. The predicted molar refractivity (Wildman–Crippen MR) is 118 cm³/mol. The number of nitrogens with two attached hydrogens (primary N) is 5. The number of ether oxygens (including phenoxy) is 2. The molecule has 2 aromatic rings. The lowest BCUT2D eigenvalue weighted by atomic mass is 10.1. The van der Waals surface area contributed by atoms with Crippen LogP contribution in [0, 0.1) is 0 Å². The molecule has 0 radical (unpaired) electrons. The molecule has 0 aliphatic rings. The van der Waals surface area contributed by atoms with Crippen molar-refractivity contribution in [3.8, 4) is 11.5 Å². The van der Waals surface area contributed by atoms with E-state index >= 15 is 0 Å². The lowest BCUT2D eigenvalue weighted by molar-refractivity contribution is 0.0693. The van der Waals surface area contributed by atoms with Crippen LogP contribution in [0.2, 0.25) is 10.0 Å². The number of halogens is 2. The van der Waals surface area contributed by atoms with Crippen LogP contribution in [0.5, 0.6) is 11.5 Å². The molecule has 15 heteroatoms. The predicted octanol–water partition coefficient (Wildman–Crippen LogP) is 0.807. The number of rotatable bonds is 4. The van der Waals surface area contributed by atoms with Crippen LogP contribution in [0.1, 0.15) is 20.7 Å². The Balaban J connectivity index is 0.000000479. The highest BCUT2D eigenvalue weighted by Gasteiger charge is 2.13. The third-order valence-electron chi connectivity index (χ3n) is 3.13. The Morgan fingerprint density at radius 3 is 1.48 bits per heavy atom. The normalized spacial score (nSPS) is 10.0. The summed E-state index contributed by atoms with van der Waals surface area (Å²) in [4.78, 5) is 21.6. The number of nitrogen functional groups attached to an aromatic ring is 2. The van der Waals surface area contributed by atoms with E-state index in [9.17, 15) is 18.0 Å². The van der Waals surface area contributed by atoms with Crippen molar-refractivity contribution >= 4 is 56.7 Å². The first kappa shape index (κ1) is 28.0. The number of methoxy groups -OCH3 is 2. The molecule has 0 bridgehead atoms. The first-order valence-corrected chi connectivity index (χ1v) is 10.1. The quantitative estimate of drug-likeness (QED) is 0.326. The molecule has 0 aromatic heterocycles. The summed E-state index contributed by atoms with van der Waals surface area (Å²) in [6.07, 6.45) is 0. The molecule has 11 N–H and O–H groups in total. The zero-order chi connectivity index (χ0) is 24.5. The van der Waals surface area contributed by atoms with E-state index < -0.39 is 22.1 Å². The topological polar surface area (TPSA) is 237 Å². The summed E-state index contributed by atoms with van der Waals surface area (Å²) in [6, 6.07) is 5.49. The molecule has 0 fully saturated rings. The Hall–Kier alpha value is -2.97. The van der Waals surface area contributed by atoms with Crippen molar-refractivity contribution in [1.29, 1.82) is 0 Å². The summed E-state index contributed by atoms with van der Waals surface area (Å²) in [7, 11) is -0.871. The minimum atomic E-state index is -3.67. The average Bonchev–Trinajstić information content (AvgIpc) is 2.64. The summed E-state index contributed by atoms with van der Waals surface area (Å²) >= 11 is 11.3. The van der Waals surface area contributed by atoms with Crippen LogP contribution in [0.15, 0.2) is 24.3 Å². The van der Waals surface area contributed by atoms with Crippen LogP contribution in [0.3, 0.4) is 0 Å². The molecule has 2 rings (SSSR count). The molecule has 0 heterocycles. The van der Waals surface area contributed by atoms with E-state index in [1.807, 2.05) is 0 Å². The van der Waals surface area contributed by atoms with Gasteiger partial charge in [0.1, 0.15) is 17.1 Å². The minimum Gasteiger partial charge on any atom is -0.496 e. The van der Waals surface area contributed by atoms with Crippen LogP contribution < -0.4 is 37.0 Å². The number of carboxylic acids is 1. The van der Waals surface area contributed by atoms with Gasteiger partial charge in [0.15, 0.2) is 0 Å². The molecule has 0 atom stereocenters. The number of aromatic carboxylic acids is 1. The Morgan fingerprint density at radius 1 is 0.871 bits per heavy atom. The zero-order valence-corrected chi connectivity index (χ0v) is 18.6. The third kappa shape index (κ3) is 10.1. The van der Waals surface area contributed by atoms with Crippen LogP contribution in [0.4, 0.5) is 11.4 Å². The first-order chi connectivity index (χ1) is 14.1. The van der Waals surface area contributed by atoms with E-state index in [1.165, 1.54) is 38.5 Å². The summed E-state index contributed by atoms with van der Waals surface area (Å²) < 4.78 is 28.1. The molecule has 0 aliphatic carbocycles. The van der Waals surface area contributed by atoms with Crippen molar-refractivity contribution in [3.63, 3.8) is 0 Å². The highest BCUT2D eigenvalue weighted by Crippen LogP contribution is 2.29. The molecule has 0 saturated heterocycles. The summed E-state index contributed by atoms with van der Waals surface area (Å²) in [5, 5.41) is 17.4. The van der Waals surface area contributed by atoms with Gasteiger partial charge in [0, 0.05) is 12.1 Å². The molecule has 0 spiro atoms. The number of hydrogen-bond acceptors (Lipinski definition) is 8. The van der Waals surface area contributed by atoms with E-state index in [4.69, 9.17) is 55.0 Å². The molecule has 2 aromatic carbocycles. The van der Waals surface area contributed by atoms with Gasteiger partial charge in [0.2, 0.25) is 0 Å². The monoisotopic (exact) mass is 497 g/mol. The second kappa shape index (κ2) is 12.0. The van der Waals surface area contributed by atoms with Crippen molar-refractivity contribution in [2.75, 3.05) is 25.7 Å². The van der Waals surface area contributed by atoms with Crippen molar-refractivity contribution in [2.45, 2.75) is 0 Å². The second-order valence-electron chi connectivity index (χ2n) is 5.41. The van der Waals surface area contributed by atoms with E-state index in [1.54, 1.807) is 0 Å². The maximum Gasteiger partial charge on any atom is 0.339 e. The Bertz CT molecular complexity index is 987. The maximum absolute atomic E-state index is 10.9. The average molecular weight is 498 g/mol. The third-order valence-corrected chi connectivity index (χ3v) is 3.79. The Morgan fingerprint density at radius 2 is 1.19 bits per heavy atom. The van der Waals surface area contributed by atoms with Gasteiger partial charge in [-0.1, -0.05) is 23.2 Å². The smallest absolute Gasteiger partial charge is 0.339 e. The van der Waals surface area contributed by atoms with Crippen LogP contribution in [0.25, 0.3) is 0 Å². The van der Waals surface area contributed by atoms with Gasteiger partial charge in [0.05, 0.1) is 41.2 Å². The number of hydrogen-bond donors (Lipinski definition) is 6. The van der Waals surface area contributed by atoms with E-state index in [2.05, 4.69) is 10.3 Å². The lowest BCUT2D eigenvalue weighted by Gasteiger charge is -2.07. The number of amides is 1. The van der Waals surface area contributed by atoms with Gasteiger partial charge >= 0.3 is 5.97 Å². The van der Waals surface area contributed by atoms with Gasteiger partial charge in [0.25, 0.3) is 16.1 Å². The number of carbonyl (C=O) groups excluding carboxylic acids is 1. The van der Waals surface area contributed by atoms with Crippen molar-refractivity contribution < 1.29 is 32.6 Å². The Kier molecular flexibility index (Phi) is 10.9. The van der Waals surface area contributed by atoms with Gasteiger partial charge in [-0.2, -0.15) is 8.42 Å². The lowest BCUT2D eigenvalue weighted by Crippen LogP contribution is -2.21. The number of anilines is 2. The molecular formula is C16H21Cl2N5O7S. The molecule has 0 saturated carbocycles. The fourth-order valence-electron chi connectivity index (χ4n) is 1.84. The molecule has 1 amide bonds. The van der Waals surface area contributed by atoms with Gasteiger partial charge in [-0.15, -0.1) is 0 Å². The molecule has 31 heavy (non-hydrogen) atoms. The fraction of sp³-hybridized carbons (Fsp3) is 0.125. The van der Waals surface area contributed by atoms with E-state index in [-0.39, 0.29) is 26.9 Å². The first-order valence-electron chi connectivity index (χ1n) is 7.71. The standard InChI is InChI=1S/C8H9ClN2O2.C8H8ClNO3.H4N2O2S/c2*1-13-7-3-6(10)5(9)2-4(7)8(11)12;1-5(2,3)4/h2-3H,10H2,1H3,(H2,11,12);2-3H,10H2,1H3,(H,11,12);(H4,1,2,3,4). The van der Waals surface area contributed by atoms with Gasteiger partial charge in [-0.3, -0.25) is 4.79 Å². The molecule has 0 aliphatic heterocycles. The Labute approximate surface area is 188 Å². The largest absolute Gasteiger partial charge is 0.496 e. The summed E-state index contributed by atoms with van der Waals surface area (Å²) in [5.74, 6) is -1.17. The molecule has 172 valence electrons. The maximum atomic E-state index is 10.9. The van der Waals surface area contributed by atoms with E-state index in [0.29, 0.717) is 17.1 Å². The summed E-state index contributed by atoms with van der Waals surface area (Å²) in [5.41, 5.74) is 16.9. The van der Waals surface area contributed by atoms with Crippen LogP contribution >= 0.6 is 23.2 Å². The number of benzene rings is 2. The fourth-order valence-corrected chi connectivity index (χ4v) is 2.16. The number of carbonyl (C=O) groups is 2. The van der Waals surface area contributed by atoms with Crippen molar-refractivity contribution in [2.24, 2.45) is 16.0 Å². The van der Waals surface area contributed by atoms with Crippen LogP contribution in [-0.2, 0) is 10.2 Å². The zero-order valence-electron chi connectivity index (χ0n) is 16.3. The minimum absolute atomic E-state index is 0.00157. The number of primary amides is 1. The summed E-state index contributed by atoms with van der Waals surface area (Å²) in [6.45, 7) is 0.